The van der Waals surface area contributed by atoms with Crippen LogP contribution in [0.3, 0.4) is 0 Å². The third-order valence-corrected chi connectivity index (χ3v) is 4.47. The molecule has 2 atom stereocenters. The predicted octanol–water partition coefficient (Wildman–Crippen LogP) is 2.75. The number of aryl methyl sites for hydroxylation is 1. The predicted molar refractivity (Wildman–Crippen MR) is 88.6 cm³/mol. The standard InChI is InChI=1S/C18H22FN3O2/c1-12-10-15(20)8-9-22(12)18(23)7-6-17-21-11-16(24-17)13-2-4-14(19)5-3-13/h2-5,11-12,15H,6-10,20H2,1H3/t12-,15+/m0/s1. The van der Waals surface area contributed by atoms with Crippen LogP contribution in [0.2, 0.25) is 0 Å². The molecule has 1 aliphatic heterocycles. The molecule has 1 amide bonds. The van der Waals surface area contributed by atoms with Gasteiger partial charge in [-0.1, -0.05) is 0 Å². The summed E-state index contributed by atoms with van der Waals surface area (Å²) >= 11 is 0. The highest BCUT2D eigenvalue weighted by Gasteiger charge is 2.26. The lowest BCUT2D eigenvalue weighted by atomic mass is 9.98. The number of rotatable bonds is 4. The van der Waals surface area contributed by atoms with Crippen LogP contribution in [0.4, 0.5) is 4.39 Å². The molecule has 1 aromatic heterocycles. The zero-order chi connectivity index (χ0) is 17.1. The van der Waals surface area contributed by atoms with E-state index in [0.717, 1.165) is 18.4 Å². The Bertz CT molecular complexity index is 699. The summed E-state index contributed by atoms with van der Waals surface area (Å²) in [5, 5.41) is 0. The van der Waals surface area contributed by atoms with Gasteiger partial charge in [0.1, 0.15) is 5.82 Å². The average molecular weight is 331 g/mol. The molecule has 2 aromatic rings. The summed E-state index contributed by atoms with van der Waals surface area (Å²) in [4.78, 5) is 18.5. The summed E-state index contributed by atoms with van der Waals surface area (Å²) in [6.45, 7) is 2.75. The lowest BCUT2D eigenvalue weighted by Crippen LogP contribution is -2.48. The molecule has 0 radical (unpaired) electrons. The van der Waals surface area contributed by atoms with Crippen LogP contribution in [0.5, 0.6) is 0 Å². The molecular weight excluding hydrogens is 309 g/mol. The topological polar surface area (TPSA) is 72.4 Å². The number of halogens is 1. The molecule has 6 heteroatoms. The van der Waals surface area contributed by atoms with E-state index >= 15 is 0 Å². The molecule has 3 rings (SSSR count). The number of aromatic nitrogens is 1. The number of nitrogens with two attached hydrogens (primary N) is 1. The molecule has 24 heavy (non-hydrogen) atoms. The van der Waals surface area contributed by atoms with Crippen LogP contribution in [0.25, 0.3) is 11.3 Å². The molecule has 128 valence electrons. The number of hydrogen-bond acceptors (Lipinski definition) is 4. The third-order valence-electron chi connectivity index (χ3n) is 4.47. The Labute approximate surface area is 140 Å². The number of oxazole rings is 1. The normalized spacial score (nSPS) is 21.0. The Balaban J connectivity index is 1.57. The monoisotopic (exact) mass is 331 g/mol. The fourth-order valence-electron chi connectivity index (χ4n) is 3.11. The van der Waals surface area contributed by atoms with Gasteiger partial charge >= 0.3 is 0 Å². The first kappa shape index (κ1) is 16.6. The fraction of sp³-hybridized carbons (Fsp3) is 0.444. The first-order valence-electron chi connectivity index (χ1n) is 8.28. The van der Waals surface area contributed by atoms with Crippen molar-refractivity contribution >= 4 is 5.91 Å². The molecule has 0 bridgehead atoms. The van der Waals surface area contributed by atoms with Crippen molar-refractivity contribution in [1.29, 1.82) is 0 Å². The Morgan fingerprint density at radius 3 is 2.88 bits per heavy atom. The minimum absolute atomic E-state index is 0.107. The Morgan fingerprint density at radius 2 is 2.17 bits per heavy atom. The van der Waals surface area contributed by atoms with Crippen molar-refractivity contribution in [2.75, 3.05) is 6.54 Å². The zero-order valence-electron chi connectivity index (χ0n) is 13.7. The maximum atomic E-state index is 13.0. The number of carbonyl (C=O) groups excluding carboxylic acids is 1. The third kappa shape index (κ3) is 3.82. The Morgan fingerprint density at radius 1 is 1.42 bits per heavy atom. The molecular formula is C18H22FN3O2. The molecule has 2 N–H and O–H groups in total. The van der Waals surface area contributed by atoms with Crippen molar-refractivity contribution in [3.05, 3.63) is 42.2 Å². The van der Waals surface area contributed by atoms with E-state index < -0.39 is 0 Å². The van der Waals surface area contributed by atoms with Gasteiger partial charge in [0.05, 0.1) is 6.20 Å². The van der Waals surface area contributed by atoms with Gasteiger partial charge in [0.15, 0.2) is 11.7 Å². The van der Waals surface area contributed by atoms with Gasteiger partial charge in [-0.05, 0) is 44.0 Å². The van der Waals surface area contributed by atoms with Crippen LogP contribution in [-0.2, 0) is 11.2 Å². The lowest BCUT2D eigenvalue weighted by Gasteiger charge is -2.36. The summed E-state index contributed by atoms with van der Waals surface area (Å²) in [6, 6.07) is 6.41. The Kier molecular flexibility index (Phi) is 4.94. The van der Waals surface area contributed by atoms with E-state index in [1.807, 2.05) is 11.8 Å². The maximum Gasteiger partial charge on any atom is 0.223 e. The number of benzene rings is 1. The highest BCUT2D eigenvalue weighted by molar-refractivity contribution is 5.76. The van der Waals surface area contributed by atoms with Crippen LogP contribution in [0.15, 0.2) is 34.9 Å². The molecule has 0 saturated carbocycles. The van der Waals surface area contributed by atoms with Crippen molar-refractivity contribution in [3.63, 3.8) is 0 Å². The minimum atomic E-state index is -0.292. The first-order chi connectivity index (χ1) is 11.5. The largest absolute Gasteiger partial charge is 0.441 e. The number of hydrogen-bond donors (Lipinski definition) is 1. The summed E-state index contributed by atoms with van der Waals surface area (Å²) in [7, 11) is 0. The van der Waals surface area contributed by atoms with E-state index in [2.05, 4.69) is 4.98 Å². The first-order valence-corrected chi connectivity index (χ1v) is 8.28. The van der Waals surface area contributed by atoms with Crippen molar-refractivity contribution in [2.45, 2.75) is 44.7 Å². The van der Waals surface area contributed by atoms with Gasteiger partial charge in [-0.2, -0.15) is 0 Å². The van der Waals surface area contributed by atoms with E-state index in [9.17, 15) is 9.18 Å². The molecule has 1 aliphatic rings. The SMILES string of the molecule is C[C@H]1C[C@H](N)CCN1C(=O)CCc1ncc(-c2ccc(F)cc2)o1. The molecule has 2 heterocycles. The van der Waals surface area contributed by atoms with Crippen LogP contribution in [0.1, 0.15) is 32.1 Å². The number of likely N-dealkylation sites (tertiary alicyclic amines) is 1. The van der Waals surface area contributed by atoms with Crippen LogP contribution >= 0.6 is 0 Å². The van der Waals surface area contributed by atoms with E-state index in [1.54, 1.807) is 18.3 Å². The number of piperidine rings is 1. The summed E-state index contributed by atoms with van der Waals surface area (Å²) in [6.07, 6.45) is 4.12. The second kappa shape index (κ2) is 7.13. The molecule has 1 fully saturated rings. The molecule has 1 saturated heterocycles. The van der Waals surface area contributed by atoms with E-state index in [4.69, 9.17) is 10.2 Å². The van der Waals surface area contributed by atoms with Gasteiger partial charge in [0.25, 0.3) is 0 Å². The van der Waals surface area contributed by atoms with Gasteiger partial charge in [-0.3, -0.25) is 4.79 Å². The van der Waals surface area contributed by atoms with Gasteiger partial charge < -0.3 is 15.1 Å². The number of amides is 1. The maximum absolute atomic E-state index is 13.0. The molecule has 1 aromatic carbocycles. The van der Waals surface area contributed by atoms with Crippen molar-refractivity contribution in [3.8, 4) is 11.3 Å². The minimum Gasteiger partial charge on any atom is -0.441 e. The van der Waals surface area contributed by atoms with E-state index in [0.29, 0.717) is 31.0 Å². The van der Waals surface area contributed by atoms with Crippen molar-refractivity contribution < 1.29 is 13.6 Å². The summed E-state index contributed by atoms with van der Waals surface area (Å²) in [5.41, 5.74) is 6.70. The van der Waals surface area contributed by atoms with Crippen molar-refractivity contribution in [2.24, 2.45) is 5.73 Å². The van der Waals surface area contributed by atoms with Gasteiger partial charge in [0.2, 0.25) is 5.91 Å². The quantitative estimate of drug-likeness (QED) is 0.935. The van der Waals surface area contributed by atoms with Crippen molar-refractivity contribution in [1.82, 2.24) is 9.88 Å². The highest BCUT2D eigenvalue weighted by Crippen LogP contribution is 2.22. The summed E-state index contributed by atoms with van der Waals surface area (Å²) in [5.74, 6) is 0.911. The molecule has 0 spiro atoms. The highest BCUT2D eigenvalue weighted by atomic mass is 19.1. The number of carbonyl (C=O) groups is 1. The van der Waals surface area contributed by atoms with Gasteiger partial charge in [-0.25, -0.2) is 9.37 Å². The van der Waals surface area contributed by atoms with Gasteiger partial charge in [-0.15, -0.1) is 0 Å². The Hall–Kier alpha value is -2.21. The lowest BCUT2D eigenvalue weighted by molar-refractivity contribution is -0.134. The van der Waals surface area contributed by atoms with Crippen LogP contribution < -0.4 is 5.73 Å². The fourth-order valence-corrected chi connectivity index (χ4v) is 3.11. The van der Waals surface area contributed by atoms with E-state index in [1.165, 1.54) is 12.1 Å². The zero-order valence-corrected chi connectivity index (χ0v) is 13.7. The van der Waals surface area contributed by atoms with Gasteiger partial charge in [0, 0.05) is 37.0 Å². The molecule has 0 aliphatic carbocycles. The molecule has 5 nitrogen and oxygen atoms in total. The van der Waals surface area contributed by atoms with Crippen LogP contribution in [-0.4, -0.2) is 34.4 Å². The summed E-state index contributed by atoms with van der Waals surface area (Å²) < 4.78 is 18.6. The second-order valence-electron chi connectivity index (χ2n) is 6.35. The number of nitrogens with zero attached hydrogens (tertiary/aromatic N) is 2. The second-order valence-corrected chi connectivity index (χ2v) is 6.35. The van der Waals surface area contributed by atoms with Crippen LogP contribution in [0, 0.1) is 5.82 Å². The molecule has 0 unspecified atom stereocenters. The average Bonchev–Trinajstić information content (AvgIpc) is 3.02. The van der Waals surface area contributed by atoms with E-state index in [-0.39, 0.29) is 23.8 Å². The smallest absolute Gasteiger partial charge is 0.223 e.